The van der Waals surface area contributed by atoms with Gasteiger partial charge < -0.3 is 10.1 Å². The van der Waals surface area contributed by atoms with Gasteiger partial charge in [0.1, 0.15) is 18.2 Å². The molecule has 1 heterocycles. The Morgan fingerprint density at radius 1 is 1.06 bits per heavy atom. The summed E-state index contributed by atoms with van der Waals surface area (Å²) in [6, 6.07) is 17.8. The van der Waals surface area contributed by atoms with Crippen LogP contribution in [0.4, 0.5) is 10.1 Å². The van der Waals surface area contributed by atoms with E-state index in [1.54, 1.807) is 12.1 Å². The topological polar surface area (TPSA) is 50.7 Å². The minimum absolute atomic E-state index is 0.175. The molecule has 0 spiro atoms. The predicted octanol–water partition coefficient (Wildman–Crippen LogP) is 6.68. The maximum absolute atomic E-state index is 13.0. The molecule has 0 aromatic heterocycles. The van der Waals surface area contributed by atoms with E-state index >= 15 is 0 Å². The van der Waals surface area contributed by atoms with Gasteiger partial charge in [-0.3, -0.25) is 4.79 Å². The van der Waals surface area contributed by atoms with E-state index in [-0.39, 0.29) is 11.7 Å². The molecule has 162 valence electrons. The Bertz CT molecular complexity index is 1220. The molecular weight excluding hydrogens is 491 g/mol. The van der Waals surface area contributed by atoms with Crippen molar-refractivity contribution in [3.05, 3.63) is 98.1 Å². The number of hydrogen-bond donors (Lipinski definition) is 1. The average molecular weight is 511 g/mol. The summed E-state index contributed by atoms with van der Waals surface area (Å²) in [6.07, 6.45) is 1.82. The van der Waals surface area contributed by atoms with Crippen LogP contribution in [0.3, 0.4) is 0 Å². The molecule has 4 rings (SSSR count). The Kier molecular flexibility index (Phi) is 6.77. The van der Waals surface area contributed by atoms with Gasteiger partial charge in [0.25, 0.3) is 5.91 Å². The molecule has 0 atom stereocenters. The molecule has 0 unspecified atom stereocenters. The Morgan fingerprint density at radius 2 is 1.78 bits per heavy atom. The highest BCUT2D eigenvalue weighted by Crippen LogP contribution is 2.31. The van der Waals surface area contributed by atoms with Gasteiger partial charge in [-0.05, 0) is 106 Å². The first-order valence-electron chi connectivity index (χ1n) is 9.90. The Morgan fingerprint density at radius 3 is 2.47 bits per heavy atom. The first-order valence-corrected chi connectivity index (χ1v) is 11.5. The molecule has 1 amide bonds. The lowest BCUT2D eigenvalue weighted by molar-refractivity contribution is -0.115. The van der Waals surface area contributed by atoms with Gasteiger partial charge >= 0.3 is 0 Å². The summed E-state index contributed by atoms with van der Waals surface area (Å²) in [5, 5.41) is 3.38. The minimum Gasteiger partial charge on any atom is -0.488 e. The predicted molar refractivity (Wildman–Crippen MR) is 132 cm³/mol. The van der Waals surface area contributed by atoms with Crippen molar-refractivity contribution in [1.29, 1.82) is 0 Å². The zero-order chi connectivity index (χ0) is 22.7. The molecule has 3 aromatic rings. The summed E-state index contributed by atoms with van der Waals surface area (Å²) in [5.41, 5.74) is 4.80. The number of hydrogen-bond acceptors (Lipinski definition) is 4. The van der Waals surface area contributed by atoms with Crippen LogP contribution in [0.5, 0.6) is 5.75 Å². The summed E-state index contributed by atoms with van der Waals surface area (Å²) in [7, 11) is 0. The van der Waals surface area contributed by atoms with Crippen LogP contribution in [0, 0.1) is 19.7 Å². The molecule has 4 nitrogen and oxygen atoms in total. The van der Waals surface area contributed by atoms with Crippen LogP contribution < -0.4 is 10.1 Å². The quantitative estimate of drug-likeness (QED) is 0.389. The molecule has 1 aliphatic rings. The summed E-state index contributed by atoms with van der Waals surface area (Å²) in [5.74, 6) is 0.214. The van der Waals surface area contributed by atoms with Crippen molar-refractivity contribution in [2.45, 2.75) is 20.5 Å². The molecule has 0 aliphatic carbocycles. The van der Waals surface area contributed by atoms with Crippen molar-refractivity contribution in [3.8, 4) is 5.75 Å². The Balaban J connectivity index is 1.46. The van der Waals surface area contributed by atoms with Crippen LogP contribution in [-0.4, -0.2) is 11.1 Å². The highest BCUT2D eigenvalue weighted by Gasteiger charge is 2.24. The molecule has 1 saturated heterocycles. The molecule has 0 saturated carbocycles. The third kappa shape index (κ3) is 5.66. The normalized spacial score (nSPS) is 15.9. The fourth-order valence-corrected chi connectivity index (χ4v) is 4.58. The summed E-state index contributed by atoms with van der Waals surface area (Å²) in [4.78, 5) is 17.5. The number of rotatable bonds is 5. The number of carbonyl (C=O) groups is 1. The van der Waals surface area contributed by atoms with E-state index in [9.17, 15) is 9.18 Å². The van der Waals surface area contributed by atoms with Gasteiger partial charge in [-0.1, -0.05) is 24.3 Å². The second-order valence-corrected chi connectivity index (χ2v) is 9.32. The number of halogens is 2. The van der Waals surface area contributed by atoms with Crippen LogP contribution in [0.2, 0.25) is 0 Å². The minimum atomic E-state index is -0.275. The molecule has 0 bridgehead atoms. The molecule has 32 heavy (non-hydrogen) atoms. The van der Waals surface area contributed by atoms with E-state index in [2.05, 4.69) is 32.3 Å². The summed E-state index contributed by atoms with van der Waals surface area (Å²) < 4.78 is 19.6. The SMILES string of the molecule is Cc1cc(C)cc(N=C2NC(=O)/C(=C\c3ccc(OCc4ccc(F)cc4)c(Br)c3)S2)c1. The zero-order valence-corrected chi connectivity index (χ0v) is 19.9. The highest BCUT2D eigenvalue weighted by atomic mass is 79.9. The maximum atomic E-state index is 13.0. The molecule has 3 aromatic carbocycles. The Labute approximate surface area is 198 Å². The van der Waals surface area contributed by atoms with Crippen LogP contribution >= 0.6 is 27.7 Å². The van der Waals surface area contributed by atoms with Crippen molar-refractivity contribution >= 4 is 50.5 Å². The zero-order valence-electron chi connectivity index (χ0n) is 17.5. The number of amidine groups is 1. The van der Waals surface area contributed by atoms with Gasteiger partial charge in [0.05, 0.1) is 15.1 Å². The fourth-order valence-electron chi connectivity index (χ4n) is 3.23. The van der Waals surface area contributed by atoms with Crippen LogP contribution in [0.25, 0.3) is 6.08 Å². The van der Waals surface area contributed by atoms with E-state index in [4.69, 9.17) is 4.74 Å². The monoisotopic (exact) mass is 510 g/mol. The van der Waals surface area contributed by atoms with Crippen molar-refractivity contribution in [2.24, 2.45) is 4.99 Å². The van der Waals surface area contributed by atoms with E-state index < -0.39 is 0 Å². The van der Waals surface area contributed by atoms with Gasteiger partial charge in [-0.25, -0.2) is 9.38 Å². The summed E-state index contributed by atoms with van der Waals surface area (Å²) >= 11 is 4.83. The van der Waals surface area contributed by atoms with Gasteiger partial charge in [-0.2, -0.15) is 0 Å². The molecule has 1 N–H and O–H groups in total. The standard InChI is InChI=1S/C25H20BrFN2O2S/c1-15-9-16(2)11-20(10-15)28-25-29-24(30)23(32-25)13-18-5-8-22(21(26)12-18)31-14-17-3-6-19(27)7-4-17/h3-13H,14H2,1-2H3,(H,28,29,30)/b23-13+. The second-order valence-electron chi connectivity index (χ2n) is 7.43. The fraction of sp³-hybridized carbons (Fsp3) is 0.120. The third-order valence-corrected chi connectivity index (χ3v) is 6.18. The van der Waals surface area contributed by atoms with Gasteiger partial charge in [0.2, 0.25) is 0 Å². The van der Waals surface area contributed by atoms with Crippen LogP contribution in [-0.2, 0) is 11.4 Å². The lowest BCUT2D eigenvalue weighted by Gasteiger charge is -2.09. The number of benzene rings is 3. The lowest BCUT2D eigenvalue weighted by atomic mass is 10.1. The molecular formula is C25H20BrFN2O2S. The number of nitrogens with one attached hydrogen (secondary N) is 1. The van der Waals surface area contributed by atoms with Gasteiger partial charge in [-0.15, -0.1) is 0 Å². The highest BCUT2D eigenvalue weighted by molar-refractivity contribution is 9.10. The number of aliphatic imine (C=N–C) groups is 1. The molecule has 0 radical (unpaired) electrons. The first kappa shape index (κ1) is 22.3. The van der Waals surface area contributed by atoms with Gasteiger partial charge in [0.15, 0.2) is 5.17 Å². The molecule has 1 fully saturated rings. The molecule has 7 heteroatoms. The second kappa shape index (κ2) is 9.71. The molecule has 1 aliphatic heterocycles. The first-order chi connectivity index (χ1) is 15.4. The van der Waals surface area contributed by atoms with E-state index in [1.165, 1.54) is 23.9 Å². The van der Waals surface area contributed by atoms with Crippen molar-refractivity contribution < 1.29 is 13.9 Å². The van der Waals surface area contributed by atoms with E-state index in [0.717, 1.165) is 32.4 Å². The summed E-state index contributed by atoms with van der Waals surface area (Å²) in [6.45, 7) is 4.37. The number of ether oxygens (including phenoxy) is 1. The van der Waals surface area contributed by atoms with E-state index in [1.807, 2.05) is 50.3 Å². The van der Waals surface area contributed by atoms with Crippen molar-refractivity contribution in [3.63, 3.8) is 0 Å². The Hall–Kier alpha value is -2.90. The number of nitrogens with zero attached hydrogens (tertiary/aromatic N) is 1. The number of thioether (sulfide) groups is 1. The van der Waals surface area contributed by atoms with Crippen LogP contribution in [0.15, 0.2) is 75.0 Å². The van der Waals surface area contributed by atoms with Crippen molar-refractivity contribution in [2.75, 3.05) is 0 Å². The maximum Gasteiger partial charge on any atom is 0.264 e. The third-order valence-electron chi connectivity index (χ3n) is 4.65. The average Bonchev–Trinajstić information content (AvgIpc) is 3.06. The number of carbonyl (C=O) groups excluding carboxylic acids is 1. The smallest absolute Gasteiger partial charge is 0.264 e. The lowest BCUT2D eigenvalue weighted by Crippen LogP contribution is -2.19. The number of amides is 1. The largest absolute Gasteiger partial charge is 0.488 e. The van der Waals surface area contributed by atoms with E-state index in [0.29, 0.717) is 22.4 Å². The van der Waals surface area contributed by atoms with Crippen molar-refractivity contribution in [1.82, 2.24) is 5.32 Å². The van der Waals surface area contributed by atoms with Crippen LogP contribution in [0.1, 0.15) is 22.3 Å². The number of aryl methyl sites for hydroxylation is 2. The van der Waals surface area contributed by atoms with Gasteiger partial charge in [0, 0.05) is 0 Å².